The van der Waals surface area contributed by atoms with Crippen LogP contribution in [0.4, 0.5) is 0 Å². The molecule has 0 spiro atoms. The summed E-state index contributed by atoms with van der Waals surface area (Å²) in [5, 5.41) is 6.45. The Kier molecular flexibility index (Phi) is 3.31. The van der Waals surface area contributed by atoms with Crippen LogP contribution in [0.25, 0.3) is 5.52 Å². The van der Waals surface area contributed by atoms with E-state index in [9.17, 15) is 4.79 Å². The van der Waals surface area contributed by atoms with Crippen LogP contribution in [0.2, 0.25) is 5.02 Å². The Morgan fingerprint density at radius 1 is 1.59 bits per heavy atom. The molecule has 0 unspecified atom stereocenters. The van der Waals surface area contributed by atoms with Crippen molar-refractivity contribution < 1.29 is 4.79 Å². The fourth-order valence-corrected chi connectivity index (χ4v) is 1.59. The highest BCUT2D eigenvalue weighted by Gasteiger charge is 2.05. The number of nitrogens with zero attached hydrogens (tertiary/aromatic N) is 3. The third-order valence-electron chi connectivity index (χ3n) is 2.45. The second-order valence-corrected chi connectivity index (χ2v) is 4.20. The average Bonchev–Trinajstić information content (AvgIpc) is 2.67. The van der Waals surface area contributed by atoms with E-state index in [-0.39, 0.29) is 5.91 Å². The van der Waals surface area contributed by atoms with Crippen molar-refractivity contribution in [1.29, 1.82) is 0 Å². The number of halogens is 1. The van der Waals surface area contributed by atoms with E-state index in [1.165, 1.54) is 11.9 Å². The molecule has 5 nitrogen and oxygen atoms in total. The molecule has 0 radical (unpaired) electrons. The van der Waals surface area contributed by atoms with E-state index in [4.69, 9.17) is 11.6 Å². The van der Waals surface area contributed by atoms with E-state index in [1.54, 1.807) is 23.8 Å². The van der Waals surface area contributed by atoms with Gasteiger partial charge >= 0.3 is 0 Å². The van der Waals surface area contributed by atoms with Crippen LogP contribution in [0.5, 0.6) is 0 Å². The monoisotopic (exact) mass is 252 g/mol. The van der Waals surface area contributed by atoms with E-state index in [1.807, 2.05) is 12.1 Å². The Bertz CT molecular complexity index is 551. The van der Waals surface area contributed by atoms with Gasteiger partial charge in [-0.25, -0.2) is 9.94 Å². The standard InChI is InChI=1S/C11H13ClN4O/c1-8(17)15(2)13-7-10-6-11-5-9(12)3-4-16(11)14-10/h3-6,13H,7H2,1-2H3. The Morgan fingerprint density at radius 3 is 3.06 bits per heavy atom. The molecule has 0 atom stereocenters. The number of carbonyl (C=O) groups excluding carboxylic acids is 1. The molecule has 0 aliphatic rings. The van der Waals surface area contributed by atoms with Crippen LogP contribution in [0.15, 0.2) is 24.4 Å². The number of hydrogen-bond acceptors (Lipinski definition) is 3. The van der Waals surface area contributed by atoms with Crippen LogP contribution in [0, 0.1) is 0 Å². The summed E-state index contributed by atoms with van der Waals surface area (Å²) < 4.78 is 1.75. The molecule has 0 saturated heterocycles. The largest absolute Gasteiger partial charge is 0.281 e. The third kappa shape index (κ3) is 2.75. The summed E-state index contributed by atoms with van der Waals surface area (Å²) in [4.78, 5) is 11.0. The lowest BCUT2D eigenvalue weighted by molar-refractivity contribution is -0.130. The molecule has 0 aromatic carbocycles. The van der Waals surface area contributed by atoms with Crippen molar-refractivity contribution in [2.45, 2.75) is 13.5 Å². The number of pyridine rings is 1. The van der Waals surface area contributed by atoms with Crippen LogP contribution in [-0.2, 0) is 11.3 Å². The lowest BCUT2D eigenvalue weighted by Crippen LogP contribution is -2.37. The fourth-order valence-electron chi connectivity index (χ4n) is 1.42. The first-order valence-electron chi connectivity index (χ1n) is 5.18. The van der Waals surface area contributed by atoms with Crippen LogP contribution in [0.3, 0.4) is 0 Å². The molecule has 6 heteroatoms. The SMILES string of the molecule is CC(=O)N(C)NCc1cc2cc(Cl)ccn2n1. The number of fused-ring (bicyclic) bond motifs is 1. The van der Waals surface area contributed by atoms with Gasteiger partial charge in [0, 0.05) is 25.2 Å². The quantitative estimate of drug-likeness (QED) is 0.842. The van der Waals surface area contributed by atoms with Crippen molar-refractivity contribution in [2.24, 2.45) is 0 Å². The minimum Gasteiger partial charge on any atom is -0.281 e. The van der Waals surface area contributed by atoms with Gasteiger partial charge in [-0.2, -0.15) is 5.10 Å². The van der Waals surface area contributed by atoms with Gasteiger partial charge in [0.15, 0.2) is 0 Å². The molecule has 0 saturated carbocycles. The maximum Gasteiger partial charge on any atom is 0.233 e. The van der Waals surface area contributed by atoms with Crippen LogP contribution in [-0.4, -0.2) is 27.6 Å². The molecule has 0 bridgehead atoms. The Labute approximate surface area is 104 Å². The van der Waals surface area contributed by atoms with E-state index >= 15 is 0 Å². The summed E-state index contributed by atoms with van der Waals surface area (Å²) in [5.74, 6) is -0.0446. The molecule has 1 N–H and O–H groups in total. The third-order valence-corrected chi connectivity index (χ3v) is 2.68. The number of nitrogens with one attached hydrogen (secondary N) is 1. The summed E-state index contributed by atoms with van der Waals surface area (Å²) in [5.41, 5.74) is 4.73. The molecule has 2 aromatic rings. The highest BCUT2D eigenvalue weighted by Crippen LogP contribution is 2.13. The number of carbonyl (C=O) groups is 1. The van der Waals surface area contributed by atoms with Crippen LogP contribution >= 0.6 is 11.6 Å². The predicted molar refractivity (Wildman–Crippen MR) is 65.5 cm³/mol. The zero-order chi connectivity index (χ0) is 12.4. The zero-order valence-electron chi connectivity index (χ0n) is 9.64. The first-order chi connectivity index (χ1) is 8.06. The second kappa shape index (κ2) is 4.73. The first-order valence-corrected chi connectivity index (χ1v) is 5.55. The number of amides is 1. The molecule has 0 fully saturated rings. The van der Waals surface area contributed by atoms with Crippen molar-refractivity contribution in [3.63, 3.8) is 0 Å². The lowest BCUT2D eigenvalue weighted by Gasteiger charge is -2.14. The summed E-state index contributed by atoms with van der Waals surface area (Å²) in [6.07, 6.45) is 1.80. The van der Waals surface area contributed by atoms with Gasteiger partial charge in [-0.3, -0.25) is 9.80 Å². The van der Waals surface area contributed by atoms with Gasteiger partial charge in [0.05, 0.1) is 17.8 Å². The Balaban J connectivity index is 2.12. The smallest absolute Gasteiger partial charge is 0.233 e. The summed E-state index contributed by atoms with van der Waals surface area (Å²) >= 11 is 5.89. The van der Waals surface area contributed by atoms with Crippen molar-refractivity contribution in [3.05, 3.63) is 35.1 Å². The van der Waals surface area contributed by atoms with Gasteiger partial charge < -0.3 is 0 Å². The Morgan fingerprint density at radius 2 is 2.35 bits per heavy atom. The van der Waals surface area contributed by atoms with Gasteiger partial charge in [0.2, 0.25) is 5.91 Å². The maximum atomic E-state index is 11.0. The second-order valence-electron chi connectivity index (χ2n) is 3.76. The topological polar surface area (TPSA) is 49.6 Å². The maximum absolute atomic E-state index is 11.0. The van der Waals surface area contributed by atoms with E-state index in [0.29, 0.717) is 11.6 Å². The summed E-state index contributed by atoms with van der Waals surface area (Å²) in [6, 6.07) is 5.54. The molecule has 2 rings (SSSR count). The zero-order valence-corrected chi connectivity index (χ0v) is 10.4. The molecule has 1 amide bonds. The number of aromatic nitrogens is 2. The molecule has 90 valence electrons. The predicted octanol–water partition coefficient (Wildman–Crippen LogP) is 1.47. The fraction of sp³-hybridized carbons (Fsp3) is 0.273. The van der Waals surface area contributed by atoms with Crippen molar-refractivity contribution in [2.75, 3.05) is 7.05 Å². The van der Waals surface area contributed by atoms with Gasteiger partial charge in [-0.05, 0) is 18.2 Å². The number of hydrogen-bond donors (Lipinski definition) is 1. The summed E-state index contributed by atoms with van der Waals surface area (Å²) in [7, 11) is 1.68. The lowest BCUT2D eigenvalue weighted by atomic mass is 10.3. The number of rotatable bonds is 3. The van der Waals surface area contributed by atoms with Gasteiger partial charge in [-0.15, -0.1) is 0 Å². The average molecular weight is 253 g/mol. The Hall–Kier alpha value is -1.59. The van der Waals surface area contributed by atoms with Crippen LogP contribution in [0.1, 0.15) is 12.6 Å². The van der Waals surface area contributed by atoms with E-state index in [2.05, 4.69) is 10.5 Å². The molecule has 2 aromatic heterocycles. The van der Waals surface area contributed by atoms with Gasteiger partial charge in [-0.1, -0.05) is 11.6 Å². The van der Waals surface area contributed by atoms with Crippen molar-refractivity contribution in [3.8, 4) is 0 Å². The minimum atomic E-state index is -0.0446. The molecule has 2 heterocycles. The normalized spacial score (nSPS) is 10.8. The van der Waals surface area contributed by atoms with Crippen LogP contribution < -0.4 is 5.43 Å². The molecular formula is C11H13ClN4O. The molecular weight excluding hydrogens is 240 g/mol. The highest BCUT2D eigenvalue weighted by atomic mass is 35.5. The van der Waals surface area contributed by atoms with Crippen molar-refractivity contribution in [1.82, 2.24) is 20.0 Å². The minimum absolute atomic E-state index is 0.0446. The van der Waals surface area contributed by atoms with E-state index in [0.717, 1.165) is 11.2 Å². The van der Waals surface area contributed by atoms with Crippen molar-refractivity contribution >= 4 is 23.0 Å². The molecule has 0 aliphatic heterocycles. The number of hydrazine groups is 1. The van der Waals surface area contributed by atoms with Gasteiger partial charge in [0.25, 0.3) is 0 Å². The highest BCUT2D eigenvalue weighted by molar-refractivity contribution is 6.30. The first kappa shape index (κ1) is 11.9. The molecule has 0 aliphatic carbocycles. The molecule has 17 heavy (non-hydrogen) atoms. The van der Waals surface area contributed by atoms with Gasteiger partial charge in [0.1, 0.15) is 0 Å². The van der Waals surface area contributed by atoms with E-state index < -0.39 is 0 Å². The summed E-state index contributed by atoms with van der Waals surface area (Å²) in [6.45, 7) is 1.99.